The van der Waals surface area contributed by atoms with Crippen LogP contribution in [0.15, 0.2) is 42.7 Å². The van der Waals surface area contributed by atoms with E-state index in [1.807, 2.05) is 23.0 Å². The number of nitrogens with one attached hydrogen (secondary N) is 1. The molecule has 0 unspecified atom stereocenters. The van der Waals surface area contributed by atoms with Crippen LogP contribution in [0.1, 0.15) is 19.3 Å². The molecular formula is C13H15N3. The fourth-order valence-electron chi connectivity index (χ4n) is 1.98. The molecular weight excluding hydrogens is 198 g/mol. The maximum Gasteiger partial charge on any atom is 0.0876 e. The van der Waals surface area contributed by atoms with E-state index in [-0.39, 0.29) is 0 Å². The molecule has 1 aromatic carbocycles. The van der Waals surface area contributed by atoms with Crippen molar-refractivity contribution in [3.8, 4) is 5.69 Å². The first kappa shape index (κ1) is 9.46. The van der Waals surface area contributed by atoms with Crippen LogP contribution in [0.3, 0.4) is 0 Å². The maximum absolute atomic E-state index is 4.27. The largest absolute Gasteiger partial charge is 0.381 e. The van der Waals surface area contributed by atoms with Crippen molar-refractivity contribution in [1.82, 2.24) is 9.78 Å². The van der Waals surface area contributed by atoms with Crippen LogP contribution >= 0.6 is 0 Å². The third kappa shape index (κ3) is 1.69. The van der Waals surface area contributed by atoms with Crippen LogP contribution in [0.5, 0.6) is 0 Å². The van der Waals surface area contributed by atoms with Crippen LogP contribution in [-0.2, 0) is 0 Å². The summed E-state index contributed by atoms with van der Waals surface area (Å²) in [6.07, 6.45) is 7.70. The van der Waals surface area contributed by atoms with E-state index < -0.39 is 0 Å². The molecule has 1 fully saturated rings. The van der Waals surface area contributed by atoms with Crippen molar-refractivity contribution in [3.05, 3.63) is 42.7 Å². The van der Waals surface area contributed by atoms with E-state index in [0.717, 1.165) is 5.69 Å². The van der Waals surface area contributed by atoms with Gasteiger partial charge in [0.15, 0.2) is 0 Å². The summed E-state index contributed by atoms with van der Waals surface area (Å²) in [5.41, 5.74) is 2.30. The fraction of sp³-hybridized carbons (Fsp3) is 0.308. The van der Waals surface area contributed by atoms with Crippen LogP contribution < -0.4 is 5.32 Å². The first-order valence-electron chi connectivity index (χ1n) is 5.79. The molecule has 1 aliphatic carbocycles. The Morgan fingerprint density at radius 3 is 2.75 bits per heavy atom. The fourth-order valence-corrected chi connectivity index (χ4v) is 1.98. The van der Waals surface area contributed by atoms with E-state index >= 15 is 0 Å². The maximum atomic E-state index is 4.27. The first-order valence-corrected chi connectivity index (χ1v) is 5.79. The van der Waals surface area contributed by atoms with Crippen molar-refractivity contribution in [1.29, 1.82) is 0 Å². The lowest BCUT2D eigenvalue weighted by atomic mass is 9.93. The van der Waals surface area contributed by atoms with Gasteiger partial charge in [-0.1, -0.05) is 12.1 Å². The highest BCUT2D eigenvalue weighted by atomic mass is 15.3. The summed E-state index contributed by atoms with van der Waals surface area (Å²) in [6.45, 7) is 0. The van der Waals surface area contributed by atoms with E-state index in [0.29, 0.717) is 6.04 Å². The number of nitrogens with zero attached hydrogens (tertiary/aromatic N) is 2. The van der Waals surface area contributed by atoms with Gasteiger partial charge in [0.05, 0.1) is 11.4 Å². The molecule has 1 N–H and O–H groups in total. The SMILES string of the molecule is c1ccc(-n2cccn2)c(NC2CCC2)c1. The number of benzene rings is 1. The zero-order valence-electron chi connectivity index (χ0n) is 9.13. The molecule has 1 aliphatic rings. The first-order chi connectivity index (χ1) is 7.93. The van der Waals surface area contributed by atoms with Crippen LogP contribution in [0.2, 0.25) is 0 Å². The zero-order chi connectivity index (χ0) is 10.8. The Labute approximate surface area is 95.1 Å². The Bertz CT molecular complexity index is 458. The highest BCUT2D eigenvalue weighted by Crippen LogP contribution is 2.26. The molecule has 0 amide bonds. The highest BCUT2D eigenvalue weighted by molar-refractivity contribution is 5.61. The van der Waals surface area contributed by atoms with E-state index in [4.69, 9.17) is 0 Å². The van der Waals surface area contributed by atoms with Gasteiger partial charge in [-0.15, -0.1) is 0 Å². The van der Waals surface area contributed by atoms with E-state index in [2.05, 4.69) is 28.6 Å². The molecule has 1 heterocycles. The molecule has 0 atom stereocenters. The summed E-state index contributed by atoms with van der Waals surface area (Å²) >= 11 is 0. The lowest BCUT2D eigenvalue weighted by Crippen LogP contribution is -2.27. The Morgan fingerprint density at radius 1 is 1.19 bits per heavy atom. The van der Waals surface area contributed by atoms with Crippen molar-refractivity contribution in [2.75, 3.05) is 5.32 Å². The molecule has 2 aromatic rings. The second-order valence-corrected chi connectivity index (χ2v) is 4.24. The number of anilines is 1. The third-order valence-corrected chi connectivity index (χ3v) is 3.12. The van der Waals surface area contributed by atoms with Crippen molar-refractivity contribution < 1.29 is 0 Å². The third-order valence-electron chi connectivity index (χ3n) is 3.12. The second kappa shape index (κ2) is 4.00. The zero-order valence-corrected chi connectivity index (χ0v) is 9.13. The lowest BCUT2D eigenvalue weighted by Gasteiger charge is -2.28. The van der Waals surface area contributed by atoms with Gasteiger partial charge in [-0.05, 0) is 37.5 Å². The van der Waals surface area contributed by atoms with Gasteiger partial charge in [-0.25, -0.2) is 4.68 Å². The van der Waals surface area contributed by atoms with Crippen molar-refractivity contribution in [3.63, 3.8) is 0 Å². The van der Waals surface area contributed by atoms with Gasteiger partial charge in [0.2, 0.25) is 0 Å². The van der Waals surface area contributed by atoms with E-state index in [1.165, 1.54) is 24.9 Å². The molecule has 1 saturated carbocycles. The molecule has 3 heteroatoms. The molecule has 16 heavy (non-hydrogen) atoms. The van der Waals surface area contributed by atoms with E-state index in [9.17, 15) is 0 Å². The van der Waals surface area contributed by atoms with Gasteiger partial charge < -0.3 is 5.32 Å². The van der Waals surface area contributed by atoms with Crippen LogP contribution in [0.4, 0.5) is 5.69 Å². The predicted molar refractivity (Wildman–Crippen MR) is 64.8 cm³/mol. The van der Waals surface area contributed by atoms with Crippen LogP contribution in [0, 0.1) is 0 Å². The van der Waals surface area contributed by atoms with Crippen molar-refractivity contribution in [2.45, 2.75) is 25.3 Å². The smallest absolute Gasteiger partial charge is 0.0876 e. The number of para-hydroxylation sites is 2. The van der Waals surface area contributed by atoms with Gasteiger partial charge in [-0.2, -0.15) is 5.10 Å². The second-order valence-electron chi connectivity index (χ2n) is 4.24. The summed E-state index contributed by atoms with van der Waals surface area (Å²) in [5.74, 6) is 0. The summed E-state index contributed by atoms with van der Waals surface area (Å²) in [4.78, 5) is 0. The minimum atomic E-state index is 0.650. The quantitative estimate of drug-likeness (QED) is 0.849. The minimum Gasteiger partial charge on any atom is -0.381 e. The molecule has 0 saturated heterocycles. The minimum absolute atomic E-state index is 0.650. The molecule has 0 radical (unpaired) electrons. The number of hydrogen-bond acceptors (Lipinski definition) is 2. The number of rotatable bonds is 3. The Morgan fingerprint density at radius 2 is 2.06 bits per heavy atom. The Kier molecular flexibility index (Phi) is 2.37. The van der Waals surface area contributed by atoms with Crippen molar-refractivity contribution in [2.24, 2.45) is 0 Å². The average Bonchev–Trinajstić information content (AvgIpc) is 2.77. The standard InChI is InChI=1S/C13H15N3/c1-2-8-13(16-10-4-9-14-16)12(7-1)15-11-5-3-6-11/h1-2,4,7-11,15H,3,5-6H2. The Hall–Kier alpha value is -1.77. The normalized spacial score (nSPS) is 15.8. The van der Waals surface area contributed by atoms with Crippen molar-refractivity contribution >= 4 is 5.69 Å². The molecule has 3 nitrogen and oxygen atoms in total. The van der Waals surface area contributed by atoms with Gasteiger partial charge in [0.1, 0.15) is 0 Å². The van der Waals surface area contributed by atoms with Gasteiger partial charge in [0.25, 0.3) is 0 Å². The molecule has 3 rings (SSSR count). The number of aromatic nitrogens is 2. The Balaban J connectivity index is 1.91. The molecule has 0 spiro atoms. The monoisotopic (exact) mass is 213 g/mol. The summed E-state index contributed by atoms with van der Waals surface area (Å²) < 4.78 is 1.90. The summed E-state index contributed by atoms with van der Waals surface area (Å²) in [6, 6.07) is 10.9. The molecule has 82 valence electrons. The molecule has 0 bridgehead atoms. The number of hydrogen-bond donors (Lipinski definition) is 1. The lowest BCUT2D eigenvalue weighted by molar-refractivity contribution is 0.445. The summed E-state index contributed by atoms with van der Waals surface area (Å²) in [5, 5.41) is 7.85. The van der Waals surface area contributed by atoms with Gasteiger partial charge in [-0.3, -0.25) is 0 Å². The van der Waals surface area contributed by atoms with Crippen LogP contribution in [-0.4, -0.2) is 15.8 Å². The van der Waals surface area contributed by atoms with Gasteiger partial charge >= 0.3 is 0 Å². The van der Waals surface area contributed by atoms with E-state index in [1.54, 1.807) is 6.20 Å². The van der Waals surface area contributed by atoms with Crippen LogP contribution in [0.25, 0.3) is 5.69 Å². The summed E-state index contributed by atoms with van der Waals surface area (Å²) in [7, 11) is 0. The topological polar surface area (TPSA) is 29.9 Å². The molecule has 0 aliphatic heterocycles. The highest BCUT2D eigenvalue weighted by Gasteiger charge is 2.18. The van der Waals surface area contributed by atoms with Gasteiger partial charge in [0, 0.05) is 18.4 Å². The molecule has 1 aromatic heterocycles. The average molecular weight is 213 g/mol. The predicted octanol–water partition coefficient (Wildman–Crippen LogP) is 2.84.